The Hall–Kier alpha value is -1.58. The Morgan fingerprint density at radius 2 is 2.23 bits per heavy atom. The van der Waals surface area contributed by atoms with Gasteiger partial charge in [0.25, 0.3) is 0 Å². The highest BCUT2D eigenvalue weighted by Gasteiger charge is 2.31. The quantitative estimate of drug-likeness (QED) is 0.733. The molecule has 10 heteroatoms. The number of rotatable bonds is 4. The largest absolute Gasteiger partial charge is 0.417 e. The van der Waals surface area contributed by atoms with Crippen molar-refractivity contribution in [2.75, 3.05) is 5.32 Å². The first-order valence-electron chi connectivity index (χ1n) is 6.13. The lowest BCUT2D eigenvalue weighted by Crippen LogP contribution is -2.18. The Labute approximate surface area is 133 Å². The van der Waals surface area contributed by atoms with E-state index in [2.05, 4.69) is 15.3 Å². The molecule has 0 bridgehead atoms. The van der Waals surface area contributed by atoms with E-state index >= 15 is 0 Å². The Balaban J connectivity index is 2.27. The summed E-state index contributed by atoms with van der Waals surface area (Å²) in [5.41, 5.74) is -0.405. The minimum atomic E-state index is -4.51. The molecule has 2 heterocycles. The molecule has 0 aliphatic rings. The van der Waals surface area contributed by atoms with Crippen LogP contribution in [0.5, 0.6) is 0 Å². The molecule has 22 heavy (non-hydrogen) atoms. The van der Waals surface area contributed by atoms with Crippen molar-refractivity contribution in [1.29, 1.82) is 0 Å². The number of nitrogens with zero attached hydrogens (tertiary/aromatic N) is 2. The predicted octanol–water partition coefficient (Wildman–Crippen LogP) is 3.74. The standard InChI is InChI=1S/C12H12ClF3N4OS/c1-6(20-8(5-21)4-18-11(20)22)19-10-9(13)2-7(3-17-10)12(14,15)16/h2-4,6,21H,5H2,1H3,(H,17,19)(H,18,22)/t6-/m0/s1. The fraction of sp³-hybridized carbons (Fsp3) is 0.333. The molecule has 2 aromatic heterocycles. The average molecular weight is 353 g/mol. The van der Waals surface area contributed by atoms with Gasteiger partial charge in [0, 0.05) is 12.4 Å². The molecule has 1 atom stereocenters. The van der Waals surface area contributed by atoms with Gasteiger partial charge in [0.1, 0.15) is 12.0 Å². The Bertz CT molecular complexity index is 728. The number of alkyl halides is 3. The second-order valence-electron chi connectivity index (χ2n) is 4.49. The zero-order valence-corrected chi connectivity index (χ0v) is 12.9. The van der Waals surface area contributed by atoms with Crippen molar-refractivity contribution in [3.05, 3.63) is 39.5 Å². The van der Waals surface area contributed by atoms with Gasteiger partial charge in [-0.2, -0.15) is 13.2 Å². The van der Waals surface area contributed by atoms with E-state index in [-0.39, 0.29) is 17.4 Å². The van der Waals surface area contributed by atoms with Crippen LogP contribution in [0.25, 0.3) is 0 Å². The molecule has 2 rings (SSSR count). The maximum atomic E-state index is 12.6. The van der Waals surface area contributed by atoms with E-state index in [1.165, 1.54) is 0 Å². The van der Waals surface area contributed by atoms with Crippen molar-refractivity contribution in [2.45, 2.75) is 25.9 Å². The zero-order valence-electron chi connectivity index (χ0n) is 11.3. The first-order valence-corrected chi connectivity index (χ1v) is 6.91. The van der Waals surface area contributed by atoms with Gasteiger partial charge in [-0.3, -0.25) is 4.57 Å². The van der Waals surface area contributed by atoms with E-state index in [4.69, 9.17) is 23.8 Å². The maximum absolute atomic E-state index is 12.6. The monoisotopic (exact) mass is 352 g/mol. The van der Waals surface area contributed by atoms with Gasteiger partial charge in [-0.15, -0.1) is 0 Å². The molecule has 0 unspecified atom stereocenters. The summed E-state index contributed by atoms with van der Waals surface area (Å²) in [5, 5.41) is 11.9. The summed E-state index contributed by atoms with van der Waals surface area (Å²) in [7, 11) is 0. The molecule has 3 N–H and O–H groups in total. The molecular formula is C12H12ClF3N4OS. The lowest BCUT2D eigenvalue weighted by Gasteiger charge is -2.19. The van der Waals surface area contributed by atoms with Crippen molar-refractivity contribution in [1.82, 2.24) is 14.5 Å². The van der Waals surface area contributed by atoms with Gasteiger partial charge in [-0.1, -0.05) is 11.6 Å². The summed E-state index contributed by atoms with van der Waals surface area (Å²) in [5.74, 6) is 0.0918. The molecule has 5 nitrogen and oxygen atoms in total. The molecule has 0 fully saturated rings. The number of halogens is 4. The lowest BCUT2D eigenvalue weighted by atomic mass is 10.2. The number of H-pyrrole nitrogens is 1. The van der Waals surface area contributed by atoms with Crippen molar-refractivity contribution in [3.63, 3.8) is 0 Å². The number of aliphatic hydroxyl groups excluding tert-OH is 1. The van der Waals surface area contributed by atoms with Gasteiger partial charge in [-0.05, 0) is 25.2 Å². The second-order valence-corrected chi connectivity index (χ2v) is 5.28. The normalized spacial score (nSPS) is 13.2. The predicted molar refractivity (Wildman–Crippen MR) is 78.1 cm³/mol. The number of aromatic nitrogens is 3. The maximum Gasteiger partial charge on any atom is 0.417 e. The minimum Gasteiger partial charge on any atom is -0.390 e. The van der Waals surface area contributed by atoms with Crippen LogP contribution < -0.4 is 5.32 Å². The van der Waals surface area contributed by atoms with Crippen LogP contribution in [0.1, 0.15) is 24.3 Å². The number of imidazole rings is 1. The number of pyridine rings is 1. The van der Waals surface area contributed by atoms with Crippen LogP contribution in [0.15, 0.2) is 18.5 Å². The highest BCUT2D eigenvalue weighted by Crippen LogP contribution is 2.33. The zero-order chi connectivity index (χ0) is 16.5. The fourth-order valence-electron chi connectivity index (χ4n) is 1.92. The molecule has 0 aliphatic carbocycles. The van der Waals surface area contributed by atoms with E-state index in [0.717, 1.165) is 6.07 Å². The van der Waals surface area contributed by atoms with Crippen LogP contribution in [0.4, 0.5) is 19.0 Å². The number of anilines is 1. The third-order valence-corrected chi connectivity index (χ3v) is 3.56. The van der Waals surface area contributed by atoms with Crippen LogP contribution in [-0.4, -0.2) is 19.6 Å². The first kappa shape index (κ1) is 16.8. The second kappa shape index (κ2) is 6.27. The molecule has 120 valence electrons. The molecule has 0 spiro atoms. The van der Waals surface area contributed by atoms with Gasteiger partial charge >= 0.3 is 6.18 Å². The highest BCUT2D eigenvalue weighted by atomic mass is 35.5. The third-order valence-electron chi connectivity index (χ3n) is 2.95. The van der Waals surface area contributed by atoms with Crippen LogP contribution in [0.3, 0.4) is 0 Å². The SMILES string of the molecule is C[C@@H](Nc1ncc(C(F)(F)F)cc1Cl)n1c(CO)c[nH]c1=S. The van der Waals surface area contributed by atoms with E-state index < -0.39 is 17.9 Å². The minimum absolute atomic E-state index is 0.0918. The first-order chi connectivity index (χ1) is 10.2. The van der Waals surface area contributed by atoms with Gasteiger partial charge in [0.05, 0.1) is 22.9 Å². The molecule has 0 saturated heterocycles. The van der Waals surface area contributed by atoms with E-state index in [0.29, 0.717) is 16.7 Å². The number of nitrogens with one attached hydrogen (secondary N) is 2. The molecule has 0 amide bonds. The number of hydrogen-bond acceptors (Lipinski definition) is 4. The van der Waals surface area contributed by atoms with Crippen LogP contribution >= 0.6 is 23.8 Å². The van der Waals surface area contributed by atoms with Crippen molar-refractivity contribution >= 4 is 29.6 Å². The topological polar surface area (TPSA) is 65.9 Å². The van der Waals surface area contributed by atoms with Gasteiger partial charge in [0.15, 0.2) is 4.77 Å². The summed E-state index contributed by atoms with van der Waals surface area (Å²) in [6.07, 6.45) is -2.73. The fourth-order valence-corrected chi connectivity index (χ4v) is 2.48. The van der Waals surface area contributed by atoms with E-state index in [1.807, 2.05) is 0 Å². The van der Waals surface area contributed by atoms with Crippen LogP contribution in [0, 0.1) is 4.77 Å². The van der Waals surface area contributed by atoms with Gasteiger partial charge in [-0.25, -0.2) is 4.98 Å². The third kappa shape index (κ3) is 3.42. The summed E-state index contributed by atoms with van der Waals surface area (Å²) in [6.45, 7) is 1.46. The highest BCUT2D eigenvalue weighted by molar-refractivity contribution is 7.71. The van der Waals surface area contributed by atoms with E-state index in [1.54, 1.807) is 17.7 Å². The summed E-state index contributed by atoms with van der Waals surface area (Å²) in [6, 6.07) is 0.799. The van der Waals surface area contributed by atoms with Crippen LogP contribution in [0.2, 0.25) is 5.02 Å². The van der Waals surface area contributed by atoms with Gasteiger partial charge < -0.3 is 15.4 Å². The van der Waals surface area contributed by atoms with Crippen molar-refractivity contribution in [2.24, 2.45) is 0 Å². The molecular weight excluding hydrogens is 341 g/mol. The molecule has 0 radical (unpaired) electrons. The lowest BCUT2D eigenvalue weighted by molar-refractivity contribution is -0.137. The Morgan fingerprint density at radius 1 is 1.55 bits per heavy atom. The Morgan fingerprint density at radius 3 is 2.77 bits per heavy atom. The molecule has 0 aliphatic heterocycles. The summed E-state index contributed by atoms with van der Waals surface area (Å²) in [4.78, 5) is 6.47. The molecule has 0 saturated carbocycles. The molecule has 2 aromatic rings. The van der Waals surface area contributed by atoms with Crippen LogP contribution in [-0.2, 0) is 12.8 Å². The van der Waals surface area contributed by atoms with E-state index in [9.17, 15) is 18.3 Å². The number of aliphatic hydroxyl groups is 1. The molecule has 0 aromatic carbocycles. The summed E-state index contributed by atoms with van der Waals surface area (Å²) < 4.78 is 39.6. The smallest absolute Gasteiger partial charge is 0.390 e. The van der Waals surface area contributed by atoms with Gasteiger partial charge in [0.2, 0.25) is 0 Å². The Kier molecular flexibility index (Phi) is 4.78. The number of aromatic amines is 1. The average Bonchev–Trinajstić information content (AvgIpc) is 2.81. The number of hydrogen-bond donors (Lipinski definition) is 3. The summed E-state index contributed by atoms with van der Waals surface area (Å²) >= 11 is 10.9. The van der Waals surface area contributed by atoms with Crippen molar-refractivity contribution in [3.8, 4) is 0 Å². The van der Waals surface area contributed by atoms with Crippen molar-refractivity contribution < 1.29 is 18.3 Å².